The van der Waals surface area contributed by atoms with E-state index in [2.05, 4.69) is 15.2 Å². The second kappa shape index (κ2) is 5.90. The van der Waals surface area contributed by atoms with Gasteiger partial charge in [0.15, 0.2) is 0 Å². The summed E-state index contributed by atoms with van der Waals surface area (Å²) in [6.07, 6.45) is 0.516. The van der Waals surface area contributed by atoms with Crippen molar-refractivity contribution in [3.05, 3.63) is 17.7 Å². The zero-order chi connectivity index (χ0) is 18.5. The Kier molecular flexibility index (Phi) is 3.91. The van der Waals surface area contributed by atoms with E-state index in [-0.39, 0.29) is 12.8 Å². The molecule has 2 aliphatic rings. The molecule has 1 fully saturated rings. The minimum Gasteiger partial charge on any atom is -0.383 e. The van der Waals surface area contributed by atoms with Crippen LogP contribution in [0, 0.1) is 5.41 Å². The van der Waals surface area contributed by atoms with Crippen LogP contribution in [0.4, 0.5) is 20.4 Å². The first-order valence-electron chi connectivity index (χ1n) is 8.69. The summed E-state index contributed by atoms with van der Waals surface area (Å²) in [4.78, 5) is 18.0. The van der Waals surface area contributed by atoms with Crippen LogP contribution in [0.2, 0.25) is 0 Å². The van der Waals surface area contributed by atoms with Crippen LogP contribution in [0.15, 0.2) is 12.1 Å². The quantitative estimate of drug-likeness (QED) is 0.827. The first-order valence-corrected chi connectivity index (χ1v) is 8.69. The summed E-state index contributed by atoms with van der Waals surface area (Å²) in [5.41, 5.74) is 2.43. The third kappa shape index (κ3) is 2.63. The van der Waals surface area contributed by atoms with Gasteiger partial charge in [0.2, 0.25) is 11.9 Å². The van der Waals surface area contributed by atoms with E-state index in [1.54, 1.807) is 20.2 Å². The normalized spacial score (nSPS) is 20.1. The summed E-state index contributed by atoms with van der Waals surface area (Å²) in [5.74, 6) is -1.98. The SMILES string of the molecule is CNc1nc2cc(C=O)cc3c2n1CC1(CN3CCOC)CC(F)(F)C1. The molecule has 1 aliphatic heterocycles. The number of aromatic nitrogens is 2. The maximum absolute atomic E-state index is 13.8. The lowest BCUT2D eigenvalue weighted by atomic mass is 9.65. The lowest BCUT2D eigenvalue weighted by Crippen LogP contribution is -2.54. The average Bonchev–Trinajstić information content (AvgIpc) is 2.86. The largest absolute Gasteiger partial charge is 0.383 e. The van der Waals surface area contributed by atoms with Crippen LogP contribution in [0.3, 0.4) is 0 Å². The van der Waals surface area contributed by atoms with Crippen molar-refractivity contribution in [3.63, 3.8) is 0 Å². The molecule has 4 rings (SSSR count). The molecule has 1 spiro atoms. The van der Waals surface area contributed by atoms with Gasteiger partial charge < -0.3 is 19.5 Å². The van der Waals surface area contributed by atoms with E-state index >= 15 is 0 Å². The number of carbonyl (C=O) groups excluding carboxylic acids is 1. The Morgan fingerprint density at radius 3 is 2.73 bits per heavy atom. The number of nitrogens with zero attached hydrogens (tertiary/aromatic N) is 3. The van der Waals surface area contributed by atoms with E-state index < -0.39 is 11.3 Å². The second-order valence-electron chi connectivity index (χ2n) is 7.42. The minimum absolute atomic E-state index is 0.138. The first-order chi connectivity index (χ1) is 12.4. The number of imidazole rings is 1. The zero-order valence-electron chi connectivity index (χ0n) is 14.9. The number of ether oxygens (including phenoxy) is 1. The number of aldehydes is 1. The summed E-state index contributed by atoms with van der Waals surface area (Å²) in [7, 11) is 3.38. The van der Waals surface area contributed by atoms with Crippen molar-refractivity contribution in [2.24, 2.45) is 5.41 Å². The summed E-state index contributed by atoms with van der Waals surface area (Å²) >= 11 is 0. The van der Waals surface area contributed by atoms with Crippen LogP contribution < -0.4 is 10.2 Å². The van der Waals surface area contributed by atoms with Crippen LogP contribution in [0.25, 0.3) is 11.0 Å². The van der Waals surface area contributed by atoms with Gasteiger partial charge in [0, 0.05) is 57.6 Å². The standard InChI is InChI=1S/C18H22F2N4O2/c1-21-16-22-13-5-12(7-25)6-14-15(13)24(16)11-17(8-18(19,20)9-17)10-23(14)3-4-26-2/h5-7H,3-4,8-11H2,1-2H3,(H,21,22). The Bertz CT molecular complexity index is 856. The number of alkyl halides is 2. The molecule has 26 heavy (non-hydrogen) atoms. The van der Waals surface area contributed by atoms with Crippen molar-refractivity contribution in [1.29, 1.82) is 0 Å². The summed E-state index contributed by atoms with van der Waals surface area (Å²) < 4.78 is 34.8. The first kappa shape index (κ1) is 17.2. The minimum atomic E-state index is -2.61. The summed E-state index contributed by atoms with van der Waals surface area (Å²) in [5, 5.41) is 3.06. The van der Waals surface area contributed by atoms with Crippen molar-refractivity contribution >= 4 is 29.0 Å². The maximum atomic E-state index is 13.8. The van der Waals surface area contributed by atoms with Crippen LogP contribution in [0.1, 0.15) is 23.2 Å². The highest BCUT2D eigenvalue weighted by atomic mass is 19.3. The highest BCUT2D eigenvalue weighted by Gasteiger charge is 2.58. The van der Waals surface area contributed by atoms with Crippen molar-refractivity contribution < 1.29 is 18.3 Å². The Balaban J connectivity index is 1.89. The number of benzene rings is 1. The van der Waals surface area contributed by atoms with Gasteiger partial charge in [0.25, 0.3) is 0 Å². The van der Waals surface area contributed by atoms with Gasteiger partial charge in [-0.1, -0.05) is 0 Å². The van der Waals surface area contributed by atoms with Gasteiger partial charge in [-0.3, -0.25) is 4.79 Å². The van der Waals surface area contributed by atoms with Gasteiger partial charge in [0.05, 0.1) is 23.3 Å². The van der Waals surface area contributed by atoms with E-state index in [1.807, 2.05) is 10.6 Å². The maximum Gasteiger partial charge on any atom is 0.249 e. The molecule has 0 bridgehead atoms. The van der Waals surface area contributed by atoms with Crippen molar-refractivity contribution in [2.45, 2.75) is 25.3 Å². The van der Waals surface area contributed by atoms with Crippen molar-refractivity contribution in [1.82, 2.24) is 9.55 Å². The van der Waals surface area contributed by atoms with E-state index in [4.69, 9.17) is 4.74 Å². The molecule has 140 valence electrons. The van der Waals surface area contributed by atoms with Gasteiger partial charge >= 0.3 is 0 Å². The predicted molar refractivity (Wildman–Crippen MR) is 95.4 cm³/mol. The average molecular weight is 364 g/mol. The van der Waals surface area contributed by atoms with E-state index in [1.165, 1.54) is 0 Å². The molecule has 0 saturated heterocycles. The monoisotopic (exact) mass is 364 g/mol. The molecule has 8 heteroatoms. The van der Waals surface area contributed by atoms with Gasteiger partial charge in [0.1, 0.15) is 6.29 Å². The Morgan fingerprint density at radius 2 is 2.12 bits per heavy atom. The molecule has 1 aromatic heterocycles. The molecule has 6 nitrogen and oxygen atoms in total. The van der Waals surface area contributed by atoms with Gasteiger partial charge in [-0.25, -0.2) is 13.8 Å². The fourth-order valence-corrected chi connectivity index (χ4v) is 4.47. The number of anilines is 2. The fourth-order valence-electron chi connectivity index (χ4n) is 4.47. The molecule has 2 heterocycles. The molecule has 1 aromatic carbocycles. The van der Waals surface area contributed by atoms with Crippen molar-refractivity contribution in [3.8, 4) is 0 Å². The number of rotatable bonds is 5. The second-order valence-corrected chi connectivity index (χ2v) is 7.42. The van der Waals surface area contributed by atoms with Gasteiger partial charge in [-0.15, -0.1) is 0 Å². The number of nitrogens with one attached hydrogen (secondary N) is 1. The molecule has 0 radical (unpaired) electrons. The predicted octanol–water partition coefficient (Wildman–Crippen LogP) is 2.77. The zero-order valence-corrected chi connectivity index (χ0v) is 14.9. The molecule has 1 aliphatic carbocycles. The number of hydrogen-bond donors (Lipinski definition) is 1. The third-order valence-corrected chi connectivity index (χ3v) is 5.40. The number of carbonyl (C=O) groups is 1. The lowest BCUT2D eigenvalue weighted by molar-refractivity contribution is -0.162. The Morgan fingerprint density at radius 1 is 1.35 bits per heavy atom. The molecule has 0 atom stereocenters. The van der Waals surface area contributed by atoms with E-state index in [0.29, 0.717) is 43.3 Å². The molecule has 1 saturated carbocycles. The number of methoxy groups -OCH3 is 1. The molecule has 0 amide bonds. The highest BCUT2D eigenvalue weighted by molar-refractivity contribution is 5.96. The smallest absolute Gasteiger partial charge is 0.249 e. The lowest BCUT2D eigenvalue weighted by Gasteiger charge is -2.49. The van der Waals surface area contributed by atoms with E-state index in [0.717, 1.165) is 17.5 Å². The molecule has 2 aromatic rings. The topological polar surface area (TPSA) is 59.4 Å². The van der Waals surface area contributed by atoms with Crippen LogP contribution in [0.5, 0.6) is 0 Å². The highest BCUT2D eigenvalue weighted by Crippen LogP contribution is 2.55. The molecule has 1 N–H and O–H groups in total. The molecular weight excluding hydrogens is 342 g/mol. The summed E-state index contributed by atoms with van der Waals surface area (Å²) in [6.45, 7) is 2.04. The third-order valence-electron chi connectivity index (χ3n) is 5.40. The number of halogens is 2. The number of hydrogen-bond acceptors (Lipinski definition) is 5. The van der Waals surface area contributed by atoms with Crippen LogP contribution >= 0.6 is 0 Å². The molecular formula is C18H22F2N4O2. The fraction of sp³-hybridized carbons (Fsp3) is 0.556. The van der Waals surface area contributed by atoms with Crippen molar-refractivity contribution in [2.75, 3.05) is 44.1 Å². The van der Waals surface area contributed by atoms with Gasteiger partial charge in [-0.2, -0.15) is 0 Å². The van der Waals surface area contributed by atoms with Gasteiger partial charge in [-0.05, 0) is 12.1 Å². The van der Waals surface area contributed by atoms with Crippen LogP contribution in [-0.2, 0) is 11.3 Å². The van der Waals surface area contributed by atoms with Crippen LogP contribution in [-0.4, -0.2) is 55.6 Å². The molecule has 0 unspecified atom stereocenters. The summed E-state index contributed by atoms with van der Waals surface area (Å²) in [6, 6.07) is 3.56. The van der Waals surface area contributed by atoms with E-state index in [9.17, 15) is 13.6 Å². The Labute approximate surface area is 150 Å². The Hall–Kier alpha value is -2.22.